The summed E-state index contributed by atoms with van der Waals surface area (Å²) in [6.45, 7) is 2.06. The van der Waals surface area contributed by atoms with Crippen molar-refractivity contribution >= 4 is 16.6 Å². The van der Waals surface area contributed by atoms with Crippen LogP contribution in [0.15, 0.2) is 73.1 Å². The van der Waals surface area contributed by atoms with Crippen LogP contribution in [0.5, 0.6) is 0 Å². The Morgan fingerprint density at radius 1 is 1.04 bits per heavy atom. The van der Waals surface area contributed by atoms with Crippen molar-refractivity contribution < 1.29 is 4.39 Å². The normalized spacial score (nSPS) is 12.2. The number of benzene rings is 2. The predicted molar refractivity (Wildman–Crippen MR) is 99.1 cm³/mol. The lowest BCUT2D eigenvalue weighted by atomic mass is 9.97. The van der Waals surface area contributed by atoms with Crippen LogP contribution in [-0.2, 0) is 0 Å². The minimum atomic E-state index is -0.259. The van der Waals surface area contributed by atoms with E-state index in [0.29, 0.717) is 0 Å². The van der Waals surface area contributed by atoms with Crippen LogP contribution in [0.4, 0.5) is 10.1 Å². The third kappa shape index (κ3) is 2.98. The molecule has 0 spiro atoms. The van der Waals surface area contributed by atoms with Crippen molar-refractivity contribution in [1.82, 2.24) is 9.97 Å². The second kappa shape index (κ2) is 6.40. The van der Waals surface area contributed by atoms with Gasteiger partial charge in [-0.1, -0.05) is 30.3 Å². The number of H-pyrrole nitrogens is 1. The monoisotopic (exact) mass is 331 g/mol. The molecule has 3 nitrogen and oxygen atoms in total. The molecule has 0 saturated heterocycles. The minimum absolute atomic E-state index is 0.133. The molecular weight excluding hydrogens is 313 g/mol. The molecule has 0 saturated carbocycles. The average Bonchev–Trinajstić information content (AvgIpc) is 2.96. The molecule has 4 rings (SSSR count). The largest absolute Gasteiger partial charge is 0.374 e. The Hall–Kier alpha value is -3.14. The molecule has 4 heteroatoms. The number of hydrogen-bond acceptors (Lipinski definition) is 2. The average molecular weight is 331 g/mol. The number of aromatic nitrogens is 2. The van der Waals surface area contributed by atoms with E-state index in [-0.39, 0.29) is 11.9 Å². The summed E-state index contributed by atoms with van der Waals surface area (Å²) in [5.74, 6) is -0.259. The van der Waals surface area contributed by atoms with Crippen LogP contribution in [0.2, 0.25) is 0 Å². The van der Waals surface area contributed by atoms with Crippen molar-refractivity contribution in [1.29, 1.82) is 0 Å². The lowest BCUT2D eigenvalue weighted by molar-refractivity contribution is 0.628. The molecule has 0 bridgehead atoms. The maximum Gasteiger partial charge on any atom is 0.125 e. The first-order chi connectivity index (χ1) is 12.2. The molecule has 0 amide bonds. The Bertz CT molecular complexity index is 1010. The molecule has 0 radical (unpaired) electrons. The highest BCUT2D eigenvalue weighted by atomic mass is 19.1. The van der Waals surface area contributed by atoms with Gasteiger partial charge in [0.25, 0.3) is 0 Å². The van der Waals surface area contributed by atoms with E-state index in [1.165, 1.54) is 12.1 Å². The van der Waals surface area contributed by atoms with Gasteiger partial charge in [-0.3, -0.25) is 4.98 Å². The Kier molecular flexibility index (Phi) is 3.94. The van der Waals surface area contributed by atoms with Crippen LogP contribution in [0, 0.1) is 12.7 Å². The van der Waals surface area contributed by atoms with Crippen LogP contribution in [0.25, 0.3) is 10.9 Å². The predicted octanol–water partition coefficient (Wildman–Crippen LogP) is 5.21. The fourth-order valence-corrected chi connectivity index (χ4v) is 3.28. The smallest absolute Gasteiger partial charge is 0.125 e. The summed E-state index contributed by atoms with van der Waals surface area (Å²) < 4.78 is 13.6. The van der Waals surface area contributed by atoms with Gasteiger partial charge in [0.15, 0.2) is 0 Å². The first-order valence-electron chi connectivity index (χ1n) is 8.21. The maximum atomic E-state index is 13.6. The number of nitrogens with one attached hydrogen (secondary N) is 2. The Labute approximate surface area is 145 Å². The van der Waals surface area contributed by atoms with Crippen LogP contribution in [0.3, 0.4) is 0 Å². The van der Waals surface area contributed by atoms with E-state index < -0.39 is 0 Å². The van der Waals surface area contributed by atoms with E-state index in [1.54, 1.807) is 12.3 Å². The van der Waals surface area contributed by atoms with E-state index in [1.807, 2.05) is 36.5 Å². The van der Waals surface area contributed by atoms with E-state index in [2.05, 4.69) is 34.3 Å². The Morgan fingerprint density at radius 3 is 2.72 bits per heavy atom. The summed E-state index contributed by atoms with van der Waals surface area (Å²) in [6.07, 6.45) is 3.60. The number of fused-ring (bicyclic) bond motifs is 1. The number of aryl methyl sites for hydroxylation is 1. The molecular formula is C21H18FN3. The van der Waals surface area contributed by atoms with Crippen LogP contribution in [0.1, 0.15) is 22.9 Å². The van der Waals surface area contributed by atoms with Gasteiger partial charge in [0, 0.05) is 40.2 Å². The number of nitrogens with zero attached hydrogens (tertiary/aromatic N) is 1. The molecule has 2 heterocycles. The van der Waals surface area contributed by atoms with E-state index in [0.717, 1.165) is 33.4 Å². The van der Waals surface area contributed by atoms with Gasteiger partial charge in [0.2, 0.25) is 0 Å². The van der Waals surface area contributed by atoms with E-state index in [9.17, 15) is 4.39 Å². The van der Waals surface area contributed by atoms with Crippen molar-refractivity contribution in [2.24, 2.45) is 0 Å². The van der Waals surface area contributed by atoms with Crippen molar-refractivity contribution in [3.05, 3.63) is 95.7 Å². The van der Waals surface area contributed by atoms with Gasteiger partial charge in [-0.2, -0.15) is 0 Å². The Morgan fingerprint density at radius 2 is 1.92 bits per heavy atom. The number of anilines is 1. The van der Waals surface area contributed by atoms with Crippen molar-refractivity contribution in [3.8, 4) is 0 Å². The fraction of sp³-hybridized carbons (Fsp3) is 0.0952. The van der Waals surface area contributed by atoms with Gasteiger partial charge in [-0.25, -0.2) is 4.39 Å². The highest BCUT2D eigenvalue weighted by Gasteiger charge is 2.21. The van der Waals surface area contributed by atoms with Crippen molar-refractivity contribution in [2.45, 2.75) is 13.0 Å². The molecule has 2 N–H and O–H groups in total. The third-order valence-electron chi connectivity index (χ3n) is 4.39. The fourth-order valence-electron chi connectivity index (χ4n) is 3.28. The molecule has 25 heavy (non-hydrogen) atoms. The summed E-state index contributed by atoms with van der Waals surface area (Å²) in [4.78, 5) is 7.70. The lowest BCUT2D eigenvalue weighted by Crippen LogP contribution is -2.13. The van der Waals surface area contributed by atoms with Gasteiger partial charge >= 0.3 is 0 Å². The SMILES string of the molecule is Cc1[nH]c2ccccc2c1[C@@H](Nc1cccc(F)c1)c1cccnc1. The number of rotatable bonds is 4. The highest BCUT2D eigenvalue weighted by molar-refractivity contribution is 5.86. The molecule has 0 aliphatic rings. The van der Waals surface area contributed by atoms with E-state index >= 15 is 0 Å². The first kappa shape index (κ1) is 15.4. The number of halogens is 1. The number of hydrogen-bond donors (Lipinski definition) is 2. The van der Waals surface area contributed by atoms with Crippen LogP contribution >= 0.6 is 0 Å². The summed E-state index contributed by atoms with van der Waals surface area (Å²) in [5, 5.41) is 4.62. The molecule has 1 atom stereocenters. The molecule has 0 fully saturated rings. The van der Waals surface area contributed by atoms with Gasteiger partial charge < -0.3 is 10.3 Å². The zero-order chi connectivity index (χ0) is 17.2. The quantitative estimate of drug-likeness (QED) is 0.539. The highest BCUT2D eigenvalue weighted by Crippen LogP contribution is 2.34. The number of aromatic amines is 1. The van der Waals surface area contributed by atoms with Crippen LogP contribution < -0.4 is 5.32 Å². The van der Waals surface area contributed by atoms with Crippen molar-refractivity contribution in [2.75, 3.05) is 5.32 Å². The standard InChI is InChI=1S/C21H18FN3/c1-14-20(18-9-2-3-10-19(18)24-14)21(15-6-5-11-23-13-15)25-17-8-4-7-16(22)12-17/h2-13,21,24-25H,1H3/t21-/m0/s1. The zero-order valence-corrected chi connectivity index (χ0v) is 13.8. The second-order valence-electron chi connectivity index (χ2n) is 6.08. The topological polar surface area (TPSA) is 40.7 Å². The first-order valence-corrected chi connectivity index (χ1v) is 8.21. The molecule has 0 aliphatic heterocycles. The molecule has 4 aromatic rings. The number of para-hydroxylation sites is 1. The third-order valence-corrected chi connectivity index (χ3v) is 4.39. The summed E-state index contributed by atoms with van der Waals surface area (Å²) in [5.41, 5.74) is 5.08. The summed E-state index contributed by atoms with van der Waals surface area (Å²) >= 11 is 0. The van der Waals surface area contributed by atoms with E-state index in [4.69, 9.17) is 0 Å². The lowest BCUT2D eigenvalue weighted by Gasteiger charge is -2.21. The molecule has 2 aromatic carbocycles. The Balaban J connectivity index is 1.87. The maximum absolute atomic E-state index is 13.6. The molecule has 0 aliphatic carbocycles. The minimum Gasteiger partial charge on any atom is -0.374 e. The van der Waals surface area contributed by atoms with Crippen LogP contribution in [-0.4, -0.2) is 9.97 Å². The number of pyridine rings is 1. The second-order valence-corrected chi connectivity index (χ2v) is 6.08. The van der Waals surface area contributed by atoms with Gasteiger partial charge in [0.05, 0.1) is 6.04 Å². The zero-order valence-electron chi connectivity index (χ0n) is 13.8. The summed E-state index contributed by atoms with van der Waals surface area (Å²) in [7, 11) is 0. The van der Waals surface area contributed by atoms with Gasteiger partial charge in [-0.15, -0.1) is 0 Å². The molecule has 124 valence electrons. The summed E-state index contributed by atoms with van der Waals surface area (Å²) in [6, 6.07) is 18.6. The van der Waals surface area contributed by atoms with Gasteiger partial charge in [-0.05, 0) is 42.8 Å². The molecule has 2 aromatic heterocycles. The van der Waals surface area contributed by atoms with Crippen molar-refractivity contribution in [3.63, 3.8) is 0 Å². The van der Waals surface area contributed by atoms with Gasteiger partial charge in [0.1, 0.15) is 5.82 Å². The molecule has 0 unspecified atom stereocenters.